The second-order valence-corrected chi connectivity index (χ2v) is 2.93. The van der Waals surface area contributed by atoms with E-state index in [2.05, 4.69) is 11.3 Å². The molecule has 0 amide bonds. The standard InChI is InChI=1S/C9H15NO4/c1-6(9(12)13-3)4-8(11)14-5-7(2)10/h7H,1,4-5,10H2,2-3H3. The molecule has 0 rings (SSSR count). The zero-order chi connectivity index (χ0) is 11.1. The van der Waals surface area contributed by atoms with Crippen molar-refractivity contribution in [2.24, 2.45) is 5.73 Å². The summed E-state index contributed by atoms with van der Waals surface area (Å²) in [6.07, 6.45) is -0.167. The molecule has 80 valence electrons. The van der Waals surface area contributed by atoms with Crippen molar-refractivity contribution < 1.29 is 19.1 Å². The molecule has 0 bridgehead atoms. The fraction of sp³-hybridized carbons (Fsp3) is 0.556. The van der Waals surface area contributed by atoms with E-state index in [1.54, 1.807) is 6.92 Å². The lowest BCUT2D eigenvalue weighted by Crippen LogP contribution is -2.24. The first-order valence-corrected chi connectivity index (χ1v) is 4.14. The van der Waals surface area contributed by atoms with Crippen molar-refractivity contribution in [2.45, 2.75) is 19.4 Å². The maximum Gasteiger partial charge on any atom is 0.333 e. The van der Waals surface area contributed by atoms with Crippen molar-refractivity contribution in [1.82, 2.24) is 0 Å². The number of methoxy groups -OCH3 is 1. The normalized spacial score (nSPS) is 11.6. The minimum Gasteiger partial charge on any atom is -0.466 e. The van der Waals surface area contributed by atoms with Gasteiger partial charge < -0.3 is 15.2 Å². The lowest BCUT2D eigenvalue weighted by molar-refractivity contribution is -0.145. The molecule has 0 spiro atoms. The molecule has 0 aromatic carbocycles. The van der Waals surface area contributed by atoms with Crippen LogP contribution in [-0.4, -0.2) is 31.7 Å². The van der Waals surface area contributed by atoms with Gasteiger partial charge in [-0.1, -0.05) is 6.58 Å². The summed E-state index contributed by atoms with van der Waals surface area (Å²) in [5, 5.41) is 0. The quantitative estimate of drug-likeness (QED) is 0.500. The number of carbonyl (C=O) groups excluding carboxylic acids is 2. The van der Waals surface area contributed by atoms with Crippen molar-refractivity contribution in [3.63, 3.8) is 0 Å². The van der Waals surface area contributed by atoms with Crippen LogP contribution in [0.2, 0.25) is 0 Å². The summed E-state index contributed by atoms with van der Waals surface area (Å²) in [6.45, 7) is 5.23. The van der Waals surface area contributed by atoms with Crippen molar-refractivity contribution in [3.05, 3.63) is 12.2 Å². The maximum atomic E-state index is 11.0. The van der Waals surface area contributed by atoms with E-state index >= 15 is 0 Å². The minimum absolute atomic E-state index is 0.0715. The molecule has 0 aliphatic rings. The summed E-state index contributed by atoms with van der Waals surface area (Å²) in [7, 11) is 1.22. The maximum absolute atomic E-state index is 11.0. The van der Waals surface area contributed by atoms with Gasteiger partial charge >= 0.3 is 11.9 Å². The van der Waals surface area contributed by atoms with Crippen LogP contribution in [0.15, 0.2) is 12.2 Å². The molecule has 5 heteroatoms. The number of hydrogen-bond donors (Lipinski definition) is 1. The summed E-state index contributed by atoms with van der Waals surface area (Å²) < 4.78 is 9.10. The van der Waals surface area contributed by atoms with E-state index in [9.17, 15) is 9.59 Å². The highest BCUT2D eigenvalue weighted by atomic mass is 16.5. The Labute approximate surface area is 82.9 Å². The van der Waals surface area contributed by atoms with Gasteiger partial charge in [-0.05, 0) is 6.92 Å². The lowest BCUT2D eigenvalue weighted by atomic mass is 10.2. The molecule has 1 atom stereocenters. The summed E-state index contributed by atoms with van der Waals surface area (Å²) >= 11 is 0. The molecule has 0 aliphatic carbocycles. The van der Waals surface area contributed by atoms with Gasteiger partial charge in [0.15, 0.2) is 0 Å². The third kappa shape index (κ3) is 5.31. The largest absolute Gasteiger partial charge is 0.466 e. The van der Waals surface area contributed by atoms with Crippen LogP contribution in [0.1, 0.15) is 13.3 Å². The van der Waals surface area contributed by atoms with Crippen LogP contribution >= 0.6 is 0 Å². The van der Waals surface area contributed by atoms with Gasteiger partial charge in [0.25, 0.3) is 0 Å². The second-order valence-electron chi connectivity index (χ2n) is 2.93. The Kier molecular flexibility index (Phi) is 5.55. The predicted octanol–water partition coefficient (Wildman–Crippen LogP) is -0.00390. The molecule has 0 aromatic rings. The summed E-state index contributed by atoms with van der Waals surface area (Å²) in [6, 6.07) is -0.217. The van der Waals surface area contributed by atoms with E-state index in [0.29, 0.717) is 0 Å². The molecule has 0 fully saturated rings. The van der Waals surface area contributed by atoms with Gasteiger partial charge in [0.1, 0.15) is 6.61 Å². The second kappa shape index (κ2) is 6.15. The van der Waals surface area contributed by atoms with Crippen molar-refractivity contribution in [1.29, 1.82) is 0 Å². The van der Waals surface area contributed by atoms with Crippen molar-refractivity contribution >= 4 is 11.9 Å². The Morgan fingerprint density at radius 1 is 1.50 bits per heavy atom. The molecule has 0 aromatic heterocycles. The van der Waals surface area contributed by atoms with Crippen LogP contribution in [0.25, 0.3) is 0 Å². The first-order valence-electron chi connectivity index (χ1n) is 4.14. The Morgan fingerprint density at radius 2 is 2.07 bits per heavy atom. The first kappa shape index (κ1) is 12.6. The molecule has 0 heterocycles. The number of esters is 2. The molecular formula is C9H15NO4. The fourth-order valence-corrected chi connectivity index (χ4v) is 0.666. The van der Waals surface area contributed by atoms with Gasteiger partial charge in [-0.2, -0.15) is 0 Å². The van der Waals surface area contributed by atoms with E-state index in [1.807, 2.05) is 0 Å². The average molecular weight is 201 g/mol. The van der Waals surface area contributed by atoms with Crippen LogP contribution in [0, 0.1) is 0 Å². The molecule has 0 saturated carbocycles. The zero-order valence-electron chi connectivity index (χ0n) is 8.41. The molecule has 2 N–H and O–H groups in total. The minimum atomic E-state index is -0.609. The Balaban J connectivity index is 3.83. The smallest absolute Gasteiger partial charge is 0.333 e. The number of nitrogens with two attached hydrogens (primary N) is 1. The predicted molar refractivity (Wildman–Crippen MR) is 50.4 cm³/mol. The number of carbonyl (C=O) groups is 2. The summed E-state index contributed by atoms with van der Waals surface area (Å²) in [4.78, 5) is 21.9. The highest BCUT2D eigenvalue weighted by Crippen LogP contribution is 2.02. The third-order valence-corrected chi connectivity index (χ3v) is 1.34. The van der Waals surface area contributed by atoms with Crippen LogP contribution in [0.3, 0.4) is 0 Å². The van der Waals surface area contributed by atoms with Gasteiger partial charge in [0.2, 0.25) is 0 Å². The molecular weight excluding hydrogens is 186 g/mol. The zero-order valence-corrected chi connectivity index (χ0v) is 8.41. The van der Waals surface area contributed by atoms with E-state index in [-0.39, 0.29) is 24.6 Å². The Bertz CT molecular complexity index is 235. The van der Waals surface area contributed by atoms with E-state index in [0.717, 1.165) is 0 Å². The average Bonchev–Trinajstić information content (AvgIpc) is 2.13. The SMILES string of the molecule is C=C(CC(=O)OCC(C)N)C(=O)OC. The molecule has 1 unspecified atom stereocenters. The third-order valence-electron chi connectivity index (χ3n) is 1.34. The number of hydrogen-bond acceptors (Lipinski definition) is 5. The van der Waals surface area contributed by atoms with Gasteiger partial charge in [-0.15, -0.1) is 0 Å². The molecule has 0 radical (unpaired) electrons. The van der Waals surface area contributed by atoms with Crippen molar-refractivity contribution in [3.8, 4) is 0 Å². The molecule has 14 heavy (non-hydrogen) atoms. The highest BCUT2D eigenvalue weighted by Gasteiger charge is 2.13. The van der Waals surface area contributed by atoms with Gasteiger partial charge in [0, 0.05) is 11.6 Å². The van der Waals surface area contributed by atoms with Crippen LogP contribution in [-0.2, 0) is 19.1 Å². The van der Waals surface area contributed by atoms with Crippen LogP contribution in [0.4, 0.5) is 0 Å². The summed E-state index contributed by atoms with van der Waals surface area (Å²) in [5.74, 6) is -1.14. The highest BCUT2D eigenvalue weighted by molar-refractivity contribution is 5.93. The fourth-order valence-electron chi connectivity index (χ4n) is 0.666. The molecule has 5 nitrogen and oxygen atoms in total. The Morgan fingerprint density at radius 3 is 2.50 bits per heavy atom. The number of ether oxygens (including phenoxy) is 2. The number of rotatable bonds is 5. The van der Waals surface area contributed by atoms with Crippen LogP contribution in [0.5, 0.6) is 0 Å². The van der Waals surface area contributed by atoms with Crippen LogP contribution < -0.4 is 5.73 Å². The van der Waals surface area contributed by atoms with Crippen molar-refractivity contribution in [2.75, 3.05) is 13.7 Å². The summed E-state index contributed by atoms with van der Waals surface area (Å²) in [5.41, 5.74) is 5.44. The monoisotopic (exact) mass is 201 g/mol. The lowest BCUT2D eigenvalue weighted by Gasteiger charge is -2.07. The van der Waals surface area contributed by atoms with E-state index in [4.69, 9.17) is 10.5 Å². The van der Waals surface area contributed by atoms with E-state index in [1.165, 1.54) is 7.11 Å². The first-order chi connectivity index (χ1) is 6.47. The molecule has 0 aliphatic heterocycles. The topological polar surface area (TPSA) is 78.6 Å². The molecule has 0 saturated heterocycles. The van der Waals surface area contributed by atoms with E-state index < -0.39 is 11.9 Å². The van der Waals surface area contributed by atoms with Gasteiger partial charge in [0.05, 0.1) is 13.5 Å². The van der Waals surface area contributed by atoms with Gasteiger partial charge in [-0.25, -0.2) is 4.79 Å². The Hall–Kier alpha value is -1.36. The van der Waals surface area contributed by atoms with Gasteiger partial charge in [-0.3, -0.25) is 4.79 Å².